The normalized spacial score (nSPS) is 10.9. The van der Waals surface area contributed by atoms with Gasteiger partial charge in [-0.1, -0.05) is 15.9 Å². The molecule has 0 unspecified atom stereocenters. The number of aromatic nitrogens is 3. The first kappa shape index (κ1) is 20.0. The summed E-state index contributed by atoms with van der Waals surface area (Å²) in [5.74, 6) is -0.500. The summed E-state index contributed by atoms with van der Waals surface area (Å²) in [6, 6.07) is 7.35. The van der Waals surface area contributed by atoms with Crippen molar-refractivity contribution in [2.24, 2.45) is 7.05 Å². The third-order valence-electron chi connectivity index (χ3n) is 4.52. The lowest BCUT2D eigenvalue weighted by Crippen LogP contribution is -2.35. The first-order valence-electron chi connectivity index (χ1n) is 8.79. The second kappa shape index (κ2) is 7.71. The van der Waals surface area contributed by atoms with Crippen molar-refractivity contribution in [1.29, 1.82) is 0 Å². The number of likely N-dealkylation sites (N-methyl/N-ethyl adjacent to an activating group) is 1. The second-order valence-corrected chi connectivity index (χ2v) is 7.80. The summed E-state index contributed by atoms with van der Waals surface area (Å²) >= 11 is 3.40. The van der Waals surface area contributed by atoms with Gasteiger partial charge in [-0.3, -0.25) is 14.3 Å². The van der Waals surface area contributed by atoms with Gasteiger partial charge in [-0.2, -0.15) is 5.10 Å². The molecule has 0 aliphatic carbocycles. The van der Waals surface area contributed by atoms with E-state index in [4.69, 9.17) is 0 Å². The number of amides is 2. The van der Waals surface area contributed by atoms with Crippen LogP contribution in [-0.4, -0.2) is 45.1 Å². The Morgan fingerprint density at radius 2 is 1.93 bits per heavy atom. The van der Waals surface area contributed by atoms with Gasteiger partial charge in [-0.15, -0.1) is 0 Å². The highest BCUT2D eigenvalue weighted by Crippen LogP contribution is 2.23. The van der Waals surface area contributed by atoms with Gasteiger partial charge in [0.05, 0.1) is 23.2 Å². The standard InChI is InChI=1S/C20H22BrN5O2/c1-11-8-14(21)6-7-16(11)23-17(27)10-25(4)20(28)15-9-12(2)22-19-18(15)13(3)24-26(19)5/h6-9H,10H2,1-5H3,(H,23,27). The van der Waals surface area contributed by atoms with E-state index in [0.29, 0.717) is 16.6 Å². The number of carbonyl (C=O) groups is 2. The summed E-state index contributed by atoms with van der Waals surface area (Å²) in [6.45, 7) is 5.54. The van der Waals surface area contributed by atoms with Crippen LogP contribution < -0.4 is 5.32 Å². The maximum absolute atomic E-state index is 13.0. The minimum atomic E-state index is -0.258. The molecule has 2 amide bonds. The molecule has 3 aromatic rings. The molecular weight excluding hydrogens is 422 g/mol. The van der Waals surface area contributed by atoms with Gasteiger partial charge >= 0.3 is 0 Å². The Morgan fingerprint density at radius 1 is 1.21 bits per heavy atom. The van der Waals surface area contributed by atoms with Gasteiger partial charge in [-0.05, 0) is 50.6 Å². The Balaban J connectivity index is 1.81. The number of nitrogens with one attached hydrogen (secondary N) is 1. The number of hydrogen-bond donors (Lipinski definition) is 1. The van der Waals surface area contributed by atoms with E-state index in [1.165, 1.54) is 4.90 Å². The van der Waals surface area contributed by atoms with Crippen LogP contribution in [0.3, 0.4) is 0 Å². The van der Waals surface area contributed by atoms with Crippen molar-refractivity contribution in [3.8, 4) is 0 Å². The number of halogens is 1. The Morgan fingerprint density at radius 3 is 2.61 bits per heavy atom. The molecule has 0 fully saturated rings. The molecule has 2 aromatic heterocycles. The number of nitrogens with zero attached hydrogens (tertiary/aromatic N) is 4. The van der Waals surface area contributed by atoms with Crippen LogP contribution in [0.5, 0.6) is 0 Å². The maximum Gasteiger partial charge on any atom is 0.254 e. The summed E-state index contributed by atoms with van der Waals surface area (Å²) in [7, 11) is 3.41. The lowest BCUT2D eigenvalue weighted by Gasteiger charge is -2.18. The van der Waals surface area contributed by atoms with E-state index in [2.05, 4.69) is 31.3 Å². The molecule has 0 aliphatic rings. The fourth-order valence-electron chi connectivity index (χ4n) is 3.19. The van der Waals surface area contributed by atoms with E-state index in [1.807, 2.05) is 39.0 Å². The number of carbonyl (C=O) groups excluding carboxylic acids is 2. The molecule has 0 bridgehead atoms. The third-order valence-corrected chi connectivity index (χ3v) is 5.01. The van der Waals surface area contributed by atoms with Gasteiger partial charge in [0.25, 0.3) is 5.91 Å². The first-order valence-corrected chi connectivity index (χ1v) is 9.59. The van der Waals surface area contributed by atoms with Crippen LogP contribution in [0.1, 0.15) is 27.3 Å². The lowest BCUT2D eigenvalue weighted by atomic mass is 10.1. The number of hydrogen-bond acceptors (Lipinski definition) is 4. The van der Waals surface area contributed by atoms with Crippen LogP contribution in [0, 0.1) is 20.8 Å². The largest absolute Gasteiger partial charge is 0.332 e. The second-order valence-electron chi connectivity index (χ2n) is 6.89. The minimum Gasteiger partial charge on any atom is -0.332 e. The van der Waals surface area contributed by atoms with E-state index < -0.39 is 0 Å². The van der Waals surface area contributed by atoms with Crippen LogP contribution in [0.25, 0.3) is 11.0 Å². The quantitative estimate of drug-likeness (QED) is 0.669. The van der Waals surface area contributed by atoms with E-state index in [0.717, 1.165) is 27.1 Å². The monoisotopic (exact) mass is 443 g/mol. The summed E-state index contributed by atoms with van der Waals surface area (Å²) in [4.78, 5) is 31.4. The van der Waals surface area contributed by atoms with E-state index in [-0.39, 0.29) is 18.4 Å². The average molecular weight is 444 g/mol. The van der Waals surface area contributed by atoms with Gasteiger partial charge in [0.1, 0.15) is 0 Å². The van der Waals surface area contributed by atoms with Crippen molar-refractivity contribution in [3.05, 3.63) is 51.3 Å². The zero-order valence-electron chi connectivity index (χ0n) is 16.5. The number of benzene rings is 1. The smallest absolute Gasteiger partial charge is 0.254 e. The molecule has 1 aromatic carbocycles. The topological polar surface area (TPSA) is 80.1 Å². The van der Waals surface area contributed by atoms with E-state index in [9.17, 15) is 9.59 Å². The maximum atomic E-state index is 13.0. The molecule has 3 rings (SSSR count). The molecule has 1 N–H and O–H groups in total. The van der Waals surface area contributed by atoms with Crippen molar-refractivity contribution >= 4 is 44.5 Å². The Kier molecular flexibility index (Phi) is 5.51. The van der Waals surface area contributed by atoms with Crippen molar-refractivity contribution < 1.29 is 9.59 Å². The summed E-state index contributed by atoms with van der Waals surface area (Å²) in [5, 5.41) is 7.94. The van der Waals surface area contributed by atoms with E-state index in [1.54, 1.807) is 24.8 Å². The number of fused-ring (bicyclic) bond motifs is 1. The van der Waals surface area contributed by atoms with Crippen molar-refractivity contribution in [2.75, 3.05) is 18.9 Å². The predicted octanol–water partition coefficient (Wildman–Crippen LogP) is 3.37. The van der Waals surface area contributed by atoms with Crippen LogP contribution >= 0.6 is 15.9 Å². The molecular formula is C20H22BrN5O2. The van der Waals surface area contributed by atoms with Crippen LogP contribution in [0.2, 0.25) is 0 Å². The molecule has 7 nitrogen and oxygen atoms in total. The number of rotatable bonds is 4. The van der Waals surface area contributed by atoms with Crippen LogP contribution in [0.15, 0.2) is 28.7 Å². The number of pyridine rings is 1. The Labute approximate surface area is 171 Å². The lowest BCUT2D eigenvalue weighted by molar-refractivity contribution is -0.116. The molecule has 0 radical (unpaired) electrons. The molecule has 0 saturated heterocycles. The molecule has 146 valence electrons. The Hall–Kier alpha value is -2.74. The molecule has 0 saturated carbocycles. The summed E-state index contributed by atoms with van der Waals surface area (Å²) < 4.78 is 2.61. The highest BCUT2D eigenvalue weighted by molar-refractivity contribution is 9.10. The highest BCUT2D eigenvalue weighted by atomic mass is 79.9. The Bertz CT molecular complexity index is 1090. The predicted molar refractivity (Wildman–Crippen MR) is 112 cm³/mol. The summed E-state index contributed by atoms with van der Waals surface area (Å²) in [5.41, 5.74) is 4.28. The van der Waals surface area contributed by atoms with Gasteiger partial charge in [0.2, 0.25) is 5.91 Å². The highest BCUT2D eigenvalue weighted by Gasteiger charge is 2.22. The van der Waals surface area contributed by atoms with Crippen LogP contribution in [0.4, 0.5) is 5.69 Å². The van der Waals surface area contributed by atoms with Gasteiger partial charge < -0.3 is 10.2 Å². The molecule has 0 aliphatic heterocycles. The first-order chi connectivity index (χ1) is 13.2. The zero-order valence-corrected chi connectivity index (χ0v) is 18.1. The average Bonchev–Trinajstić information content (AvgIpc) is 2.90. The van der Waals surface area contributed by atoms with Crippen LogP contribution in [-0.2, 0) is 11.8 Å². The molecule has 0 spiro atoms. The number of anilines is 1. The molecule has 8 heteroatoms. The molecule has 2 heterocycles. The third kappa shape index (κ3) is 3.91. The van der Waals surface area contributed by atoms with Crippen molar-refractivity contribution in [3.63, 3.8) is 0 Å². The van der Waals surface area contributed by atoms with E-state index >= 15 is 0 Å². The van der Waals surface area contributed by atoms with Crippen molar-refractivity contribution in [1.82, 2.24) is 19.7 Å². The SMILES string of the molecule is Cc1cc(C(=O)N(C)CC(=O)Nc2ccc(Br)cc2C)c2c(C)nn(C)c2n1. The number of aryl methyl sites for hydroxylation is 4. The summed E-state index contributed by atoms with van der Waals surface area (Å²) in [6.07, 6.45) is 0. The fourth-order valence-corrected chi connectivity index (χ4v) is 3.66. The van der Waals surface area contributed by atoms with Gasteiger partial charge in [0, 0.05) is 29.9 Å². The zero-order chi connectivity index (χ0) is 20.6. The van der Waals surface area contributed by atoms with Gasteiger partial charge in [0.15, 0.2) is 5.65 Å². The van der Waals surface area contributed by atoms with Gasteiger partial charge in [-0.25, -0.2) is 4.98 Å². The fraction of sp³-hybridized carbons (Fsp3) is 0.300. The minimum absolute atomic E-state index is 0.0590. The van der Waals surface area contributed by atoms with Crippen molar-refractivity contribution in [2.45, 2.75) is 20.8 Å². The molecule has 28 heavy (non-hydrogen) atoms. The molecule has 0 atom stereocenters.